The largest absolute Gasteiger partial charge is 0.512 e. The molecule has 3 N–H and O–H groups in total. The smallest absolute Gasteiger partial charge is 0.394 e. The number of ketones is 3. The van der Waals surface area contributed by atoms with Crippen LogP contribution in [0.25, 0.3) is 130 Å². The summed E-state index contributed by atoms with van der Waals surface area (Å²) in [6.07, 6.45) is 11.4. The minimum atomic E-state index is -4.28. The number of aryl methyl sites for hydroxylation is 6. The molecule has 3 radical (unpaired) electrons. The summed E-state index contributed by atoms with van der Waals surface area (Å²) in [5.41, 5.74) is 9.08. The molecule has 0 spiro atoms. The van der Waals surface area contributed by atoms with Gasteiger partial charge in [0, 0.05) is 131 Å². The molecule has 0 unspecified atom stereocenters. The average molecular weight is 2250 g/mol. The second kappa shape index (κ2) is 45.6. The number of halogens is 3. The maximum atomic E-state index is 13.6. The second-order valence-corrected chi connectivity index (χ2v) is 35.8. The number of hydrogen-bond acceptors (Lipinski definition) is 12. The number of fused-ring (bicyclic) bond motifs is 6. The molecule has 3 aromatic heterocycles. The molecular weight excluding hydrogens is 2120 g/mol. The van der Waals surface area contributed by atoms with Gasteiger partial charge in [-0.15, -0.1) is 85.4 Å². The Morgan fingerprint density at radius 3 is 0.858 bits per heavy atom. The van der Waals surface area contributed by atoms with E-state index < -0.39 is 11.6 Å². The second-order valence-electron chi connectivity index (χ2n) is 35.8. The monoisotopic (exact) mass is 2250 g/mol. The standard InChI is InChI=1S/C25H20F3N2.C25H23N2.C20H13N2.3C13H24O2.3Ir/c1-13-8-16-6-5-7-17-19-11-15(12-24(3,4)25(26,27)28)10-18-14(2)29-30-23(22(18)19)20(9-13)21(16)17;1-14-9-17-7-6-8-18-20-12-16(13-25(3,4)5)11-19-15(2)26-27-24(23(19)20)21(10-14)22(17)18;1-11-9-13-5-3-7-15-16-8-4-6-14-12(2)21-22-20(19(14)16)17(10-11)18(13)15;3*1-5-10(6-2)12(14)9-13(15)11(7-3)8-4;;;/h5-8,10-11H,12H2,1-4H3;6-9,11-12H,13H2,1-5H3;3-9H,1-2H3;3*9-11,14H,5-8H2,1-4H3;;;/q3*-1;;;;;;. The molecule has 0 saturated heterocycles. The summed E-state index contributed by atoms with van der Waals surface area (Å²) >= 11 is 0. The zero-order valence-corrected chi connectivity index (χ0v) is 85.6. The summed E-state index contributed by atoms with van der Waals surface area (Å²) in [4.78, 5) is 35.1. The molecule has 0 bridgehead atoms. The minimum Gasteiger partial charge on any atom is -0.512 e. The van der Waals surface area contributed by atoms with Gasteiger partial charge in [-0.1, -0.05) is 256 Å². The van der Waals surface area contributed by atoms with Crippen LogP contribution < -0.4 is 0 Å². The predicted molar refractivity (Wildman–Crippen MR) is 513 cm³/mol. The van der Waals surface area contributed by atoms with Crippen molar-refractivity contribution in [3.8, 4) is 0 Å². The van der Waals surface area contributed by atoms with Crippen molar-refractivity contribution in [2.24, 2.45) is 46.3 Å². The topological polar surface area (TPSA) is 189 Å². The van der Waals surface area contributed by atoms with Crippen LogP contribution in [0, 0.1) is 106 Å². The molecule has 15 rings (SSSR count). The van der Waals surface area contributed by atoms with Crippen LogP contribution in [-0.4, -0.2) is 69.4 Å². The van der Waals surface area contributed by atoms with Gasteiger partial charge in [0.2, 0.25) is 0 Å². The van der Waals surface area contributed by atoms with Crippen LogP contribution in [0.15, 0.2) is 151 Å². The first-order valence-corrected chi connectivity index (χ1v) is 45.1. The number of alkyl halides is 3. The molecular formula is C109H128F3Ir3N6O6-3. The van der Waals surface area contributed by atoms with Gasteiger partial charge in [0.05, 0.1) is 39.8 Å². The van der Waals surface area contributed by atoms with Crippen molar-refractivity contribution in [1.29, 1.82) is 0 Å². The fourth-order valence-corrected chi connectivity index (χ4v) is 17.9. The van der Waals surface area contributed by atoms with Gasteiger partial charge in [-0.3, -0.25) is 14.4 Å². The normalized spacial score (nSPS) is 12.4. The van der Waals surface area contributed by atoms with E-state index in [2.05, 4.69) is 175 Å². The Morgan fingerprint density at radius 2 is 0.575 bits per heavy atom. The van der Waals surface area contributed by atoms with Crippen molar-refractivity contribution >= 4 is 147 Å². The van der Waals surface area contributed by atoms with Gasteiger partial charge in [0.1, 0.15) is 0 Å². The molecule has 15 aromatic rings. The molecule has 0 aliphatic heterocycles. The molecule has 0 fully saturated rings. The first-order chi connectivity index (χ1) is 58.9. The van der Waals surface area contributed by atoms with Crippen LogP contribution in [-0.2, 0) is 87.5 Å². The molecule has 127 heavy (non-hydrogen) atoms. The van der Waals surface area contributed by atoms with Crippen LogP contribution in [0.3, 0.4) is 0 Å². The van der Waals surface area contributed by atoms with Crippen molar-refractivity contribution in [2.45, 2.75) is 255 Å². The Hall–Kier alpha value is -8.85. The van der Waals surface area contributed by atoms with E-state index in [0.717, 1.165) is 177 Å². The Kier molecular flexibility index (Phi) is 37.8. The minimum absolute atomic E-state index is 0. The molecule has 12 aromatic carbocycles. The van der Waals surface area contributed by atoms with Crippen molar-refractivity contribution in [3.05, 3.63) is 214 Å². The van der Waals surface area contributed by atoms with E-state index >= 15 is 0 Å². The molecule has 0 aliphatic rings. The molecule has 3 heterocycles. The average Bonchev–Trinajstić information content (AvgIpc) is 0.715. The fraction of sp³-hybridized carbons (Fsp3) is 0.422. The summed E-state index contributed by atoms with van der Waals surface area (Å²) in [6.45, 7) is 45.7. The third kappa shape index (κ3) is 23.5. The maximum Gasteiger partial charge on any atom is 0.394 e. The van der Waals surface area contributed by atoms with Crippen molar-refractivity contribution in [2.75, 3.05) is 0 Å². The van der Waals surface area contributed by atoms with Crippen LogP contribution in [0.5, 0.6) is 0 Å². The SMILES string of the molecule is CCC(CC)C(=O)C=C(O)C(CC)CC.CCC(CC)C(=O)C=C(O)C(CC)CC.CCC(CC)C(=O)C=C(O)C(CC)CC.Cc1[c-]c2c3nnc(C)c4cc(CC(C)(C)C(F)(F)F)cc(c5cccc(c1)c25)c43.Cc1[c-]c2c3nnc(C)c4cc(CC(C)(C)C)cc(c5cccc(c1)c25)c43.Cc1[c-]c2c3nnc(C)c4cccc(c5cccc(c1)c25)c43.[Ir].[Ir].[Ir]. The third-order valence-electron chi connectivity index (χ3n) is 25.3. The first kappa shape index (κ1) is 105. The zero-order chi connectivity index (χ0) is 90.7. The van der Waals surface area contributed by atoms with E-state index in [0.29, 0.717) is 11.3 Å². The van der Waals surface area contributed by atoms with Crippen LogP contribution in [0.4, 0.5) is 13.2 Å². The number of aromatic nitrogens is 6. The summed E-state index contributed by atoms with van der Waals surface area (Å²) in [6, 6.07) is 51.0. The molecule has 12 nitrogen and oxygen atoms in total. The number of benzene rings is 12. The number of hydrogen-bond donors (Lipinski definition) is 3. The Balaban J connectivity index is 0.000000213. The summed E-state index contributed by atoms with van der Waals surface area (Å²) in [7, 11) is 0. The maximum absolute atomic E-state index is 13.6. The number of nitrogens with zero attached hydrogens (tertiary/aromatic N) is 6. The van der Waals surface area contributed by atoms with Gasteiger partial charge in [-0.25, -0.2) is 15.3 Å². The summed E-state index contributed by atoms with van der Waals surface area (Å²) < 4.78 is 40.7. The quantitative estimate of drug-likeness (QED) is 0.0171. The van der Waals surface area contributed by atoms with Crippen LogP contribution in [0.1, 0.15) is 240 Å². The third-order valence-corrected chi connectivity index (χ3v) is 25.3. The summed E-state index contributed by atoms with van der Waals surface area (Å²) in [5, 5.41) is 80.0. The van der Waals surface area contributed by atoms with Crippen LogP contribution >= 0.6 is 0 Å². The van der Waals surface area contributed by atoms with Crippen molar-refractivity contribution in [1.82, 2.24) is 30.6 Å². The van der Waals surface area contributed by atoms with Gasteiger partial charge in [-0.2, -0.15) is 28.5 Å². The van der Waals surface area contributed by atoms with E-state index in [9.17, 15) is 42.9 Å². The number of carbonyl (C=O) groups excluding carboxylic acids is 3. The van der Waals surface area contributed by atoms with Gasteiger partial charge >= 0.3 is 6.18 Å². The van der Waals surface area contributed by atoms with Crippen LogP contribution in [0.2, 0.25) is 0 Å². The Morgan fingerprint density at radius 1 is 0.331 bits per heavy atom. The van der Waals surface area contributed by atoms with Gasteiger partial charge in [0.15, 0.2) is 17.3 Å². The van der Waals surface area contributed by atoms with Gasteiger partial charge < -0.3 is 15.3 Å². The zero-order valence-electron chi connectivity index (χ0n) is 78.4. The molecule has 0 aliphatic carbocycles. The Labute approximate surface area is 790 Å². The number of allylic oxidation sites excluding steroid dienone is 6. The fourth-order valence-electron chi connectivity index (χ4n) is 17.9. The van der Waals surface area contributed by atoms with E-state index in [1.54, 1.807) is 0 Å². The van der Waals surface area contributed by atoms with E-state index in [-0.39, 0.29) is 142 Å². The van der Waals surface area contributed by atoms with Gasteiger partial charge in [0.25, 0.3) is 0 Å². The molecule has 0 saturated carbocycles. The number of carbonyl (C=O) groups is 3. The van der Waals surface area contributed by atoms with Crippen molar-refractivity contribution in [3.63, 3.8) is 0 Å². The number of aliphatic hydroxyl groups excluding tert-OH is 3. The Bertz CT molecular complexity index is 6290. The predicted octanol–water partition coefficient (Wildman–Crippen LogP) is 30.2. The first-order valence-electron chi connectivity index (χ1n) is 45.1. The molecule has 0 atom stereocenters. The van der Waals surface area contributed by atoms with Crippen molar-refractivity contribution < 1.29 is 103 Å². The van der Waals surface area contributed by atoms with E-state index in [4.69, 9.17) is 0 Å². The van der Waals surface area contributed by atoms with E-state index in [1.165, 1.54) is 102 Å². The molecule has 18 heteroatoms. The number of aliphatic hydroxyl groups is 3. The number of rotatable bonds is 24. The molecule has 0 amide bonds. The summed E-state index contributed by atoms with van der Waals surface area (Å²) in [5.74, 6) is 1.64. The van der Waals surface area contributed by atoms with Gasteiger partial charge in [-0.05, 0) is 188 Å². The molecule has 681 valence electrons. The van der Waals surface area contributed by atoms with E-state index in [1.807, 2.05) is 134 Å².